The molecule has 0 saturated heterocycles. The first kappa shape index (κ1) is 33.9. The summed E-state index contributed by atoms with van der Waals surface area (Å²) < 4.78 is 44.1. The maximum atomic E-state index is 11.2. The molecule has 0 radical (unpaired) electrons. The van der Waals surface area contributed by atoms with E-state index in [2.05, 4.69) is 89.3 Å². The van der Waals surface area contributed by atoms with Crippen molar-refractivity contribution in [3.8, 4) is 16.9 Å². The Hall–Kier alpha value is -5.00. The highest BCUT2D eigenvalue weighted by molar-refractivity contribution is 7.85. The van der Waals surface area contributed by atoms with Gasteiger partial charge in [-0.15, -0.1) is 0 Å². The normalized spacial score (nSPS) is 11.1. The molecule has 0 aliphatic rings. The summed E-state index contributed by atoms with van der Waals surface area (Å²) in [6.07, 6.45) is 0. The average molecular weight is 645 g/mol. The number of rotatable bonds is 9. The van der Waals surface area contributed by atoms with Crippen molar-refractivity contribution in [2.75, 3.05) is 31.2 Å². The van der Waals surface area contributed by atoms with Gasteiger partial charge in [-0.2, -0.15) is 4.57 Å². The molecule has 0 aliphatic carbocycles. The zero-order valence-corrected chi connectivity index (χ0v) is 26.9. The molecule has 11 heteroatoms. The molecule has 0 spiro atoms. The van der Waals surface area contributed by atoms with Crippen molar-refractivity contribution >= 4 is 49.5 Å². The van der Waals surface area contributed by atoms with Crippen molar-refractivity contribution in [1.82, 2.24) is 0 Å². The molecule has 46 heavy (non-hydrogen) atoms. The first-order valence-electron chi connectivity index (χ1n) is 14.5. The second-order valence-corrected chi connectivity index (χ2v) is 11.9. The third-order valence-electron chi connectivity index (χ3n) is 7.36. The zero-order valence-electron chi connectivity index (χ0n) is 26.1. The van der Waals surface area contributed by atoms with Gasteiger partial charge in [-0.25, -0.2) is 8.42 Å². The third kappa shape index (κ3) is 8.38. The van der Waals surface area contributed by atoms with Crippen molar-refractivity contribution in [2.24, 2.45) is 7.05 Å². The molecule has 240 valence electrons. The number of aromatic nitrogens is 1. The number of hydrogen-bond acceptors (Lipinski definition) is 9. The molecule has 1 aromatic heterocycles. The SMILES string of the molecule is CC(=O)OCCN(CCOC(C)=O)c1ccc(-c2c3ccccc3[n+](C)c3ccccc23)cc1.Cc1ccc(O)cc1S(=O)(=O)[O-]. The summed E-state index contributed by atoms with van der Waals surface area (Å²) in [7, 11) is -2.37. The number of pyridine rings is 1. The van der Waals surface area contributed by atoms with Crippen LogP contribution in [0.2, 0.25) is 0 Å². The summed E-state index contributed by atoms with van der Waals surface area (Å²) in [5.74, 6) is -0.854. The number of phenolic OH excluding ortho intramolecular Hbond substituents is 1. The van der Waals surface area contributed by atoms with E-state index in [9.17, 15) is 22.6 Å². The average Bonchev–Trinajstić information content (AvgIpc) is 3.01. The zero-order chi connectivity index (χ0) is 33.4. The first-order chi connectivity index (χ1) is 21.9. The van der Waals surface area contributed by atoms with Gasteiger partial charge in [0.1, 0.15) is 36.1 Å². The molecule has 0 amide bonds. The Balaban J connectivity index is 0.000000337. The van der Waals surface area contributed by atoms with Gasteiger partial charge in [0.25, 0.3) is 0 Å². The second kappa shape index (κ2) is 14.9. The number of benzene rings is 4. The van der Waals surface area contributed by atoms with Crippen molar-refractivity contribution in [3.63, 3.8) is 0 Å². The molecule has 4 aromatic carbocycles. The Kier molecular flexibility index (Phi) is 10.9. The van der Waals surface area contributed by atoms with Crippen LogP contribution in [0.4, 0.5) is 5.69 Å². The molecule has 0 bridgehead atoms. The van der Waals surface area contributed by atoms with Crippen LogP contribution in [-0.2, 0) is 36.2 Å². The van der Waals surface area contributed by atoms with E-state index in [-0.39, 0.29) is 35.8 Å². The van der Waals surface area contributed by atoms with Gasteiger partial charge in [-0.3, -0.25) is 9.59 Å². The fourth-order valence-electron chi connectivity index (χ4n) is 5.21. The number of phenols is 1. The molecule has 0 atom stereocenters. The predicted octanol–water partition coefficient (Wildman–Crippen LogP) is 5.02. The van der Waals surface area contributed by atoms with Crippen LogP contribution < -0.4 is 9.47 Å². The summed E-state index contributed by atoms with van der Waals surface area (Å²) in [4.78, 5) is 24.1. The van der Waals surface area contributed by atoms with Crippen LogP contribution in [0.5, 0.6) is 5.75 Å². The number of para-hydroxylation sites is 2. The Morgan fingerprint density at radius 3 is 1.76 bits per heavy atom. The number of carbonyl (C=O) groups excluding carboxylic acids is 2. The number of carbonyl (C=O) groups is 2. The highest BCUT2D eigenvalue weighted by Gasteiger charge is 2.19. The molecule has 1 heterocycles. The molecule has 10 nitrogen and oxygen atoms in total. The molecular formula is C35H36N2O8S. The minimum Gasteiger partial charge on any atom is -0.744 e. The Morgan fingerprint density at radius 1 is 0.804 bits per heavy atom. The number of anilines is 1. The van der Waals surface area contributed by atoms with Crippen LogP contribution in [-0.4, -0.2) is 56.3 Å². The Morgan fingerprint density at radius 2 is 1.30 bits per heavy atom. The van der Waals surface area contributed by atoms with Crippen LogP contribution in [0.15, 0.2) is 95.9 Å². The van der Waals surface area contributed by atoms with E-state index < -0.39 is 10.1 Å². The van der Waals surface area contributed by atoms with Crippen LogP contribution in [0.25, 0.3) is 32.9 Å². The van der Waals surface area contributed by atoms with E-state index >= 15 is 0 Å². The minimum atomic E-state index is -4.47. The lowest BCUT2D eigenvalue weighted by Crippen LogP contribution is -2.31. The number of aryl methyl sites for hydroxylation is 2. The van der Waals surface area contributed by atoms with Gasteiger partial charge in [0.05, 0.1) is 28.8 Å². The number of esters is 2. The smallest absolute Gasteiger partial charge is 0.302 e. The number of nitrogens with zero attached hydrogens (tertiary/aromatic N) is 2. The van der Waals surface area contributed by atoms with E-state index in [0.717, 1.165) is 17.3 Å². The molecular weight excluding hydrogens is 608 g/mol. The van der Waals surface area contributed by atoms with Gasteiger partial charge in [0.2, 0.25) is 11.0 Å². The number of aromatic hydroxyl groups is 1. The van der Waals surface area contributed by atoms with Gasteiger partial charge in [0.15, 0.2) is 0 Å². The topological polar surface area (TPSA) is 137 Å². The molecule has 0 saturated carbocycles. The fourth-order valence-corrected chi connectivity index (χ4v) is 5.93. The van der Waals surface area contributed by atoms with Gasteiger partial charge >= 0.3 is 11.9 Å². The molecule has 5 rings (SSSR count). The Bertz CT molecular complexity index is 1900. The van der Waals surface area contributed by atoms with E-state index in [4.69, 9.17) is 14.6 Å². The third-order valence-corrected chi connectivity index (χ3v) is 8.34. The highest BCUT2D eigenvalue weighted by atomic mass is 32.2. The maximum Gasteiger partial charge on any atom is 0.302 e. The monoisotopic (exact) mass is 644 g/mol. The van der Waals surface area contributed by atoms with Crippen molar-refractivity contribution in [1.29, 1.82) is 0 Å². The number of fused-ring (bicyclic) bond motifs is 2. The Labute approximate surface area is 268 Å². The largest absolute Gasteiger partial charge is 0.744 e. The quantitative estimate of drug-likeness (QED) is 0.101. The van der Waals surface area contributed by atoms with Gasteiger partial charge in [-0.05, 0) is 54.4 Å². The molecule has 1 N–H and O–H groups in total. The second-order valence-electron chi connectivity index (χ2n) is 10.6. The van der Waals surface area contributed by atoms with Gasteiger partial charge < -0.3 is 24.0 Å². The fraction of sp³-hybridized carbons (Fsp3) is 0.229. The van der Waals surface area contributed by atoms with Crippen molar-refractivity contribution in [3.05, 3.63) is 96.6 Å². The van der Waals surface area contributed by atoms with Gasteiger partial charge in [-0.1, -0.05) is 42.5 Å². The highest BCUT2D eigenvalue weighted by Crippen LogP contribution is 2.34. The van der Waals surface area contributed by atoms with Crippen LogP contribution >= 0.6 is 0 Å². The summed E-state index contributed by atoms with van der Waals surface area (Å²) in [5, 5.41) is 11.3. The van der Waals surface area contributed by atoms with E-state index in [0.29, 0.717) is 18.7 Å². The number of ether oxygens (including phenoxy) is 2. The van der Waals surface area contributed by atoms with Crippen LogP contribution in [0.1, 0.15) is 19.4 Å². The van der Waals surface area contributed by atoms with Gasteiger partial charge in [0, 0.05) is 37.2 Å². The lowest BCUT2D eigenvalue weighted by atomic mass is 9.95. The molecule has 0 aliphatic heterocycles. The minimum absolute atomic E-state index is 0.227. The van der Waals surface area contributed by atoms with E-state index in [1.54, 1.807) is 0 Å². The summed E-state index contributed by atoms with van der Waals surface area (Å²) in [6.45, 7) is 5.83. The lowest BCUT2D eigenvalue weighted by Gasteiger charge is -2.24. The summed E-state index contributed by atoms with van der Waals surface area (Å²) >= 11 is 0. The summed E-state index contributed by atoms with van der Waals surface area (Å²) in [6, 6.07) is 28.9. The molecule has 0 fully saturated rings. The first-order valence-corrected chi connectivity index (χ1v) is 15.9. The van der Waals surface area contributed by atoms with Crippen LogP contribution in [0, 0.1) is 6.92 Å². The number of hydrogen-bond donors (Lipinski definition) is 1. The molecule has 0 unspecified atom stereocenters. The van der Waals surface area contributed by atoms with Crippen molar-refractivity contribution in [2.45, 2.75) is 25.7 Å². The maximum absolute atomic E-state index is 11.2. The van der Waals surface area contributed by atoms with E-state index in [1.807, 2.05) is 0 Å². The van der Waals surface area contributed by atoms with Crippen LogP contribution in [0.3, 0.4) is 0 Å². The summed E-state index contributed by atoms with van der Waals surface area (Å²) in [5.41, 5.74) is 5.97. The molecule has 5 aromatic rings. The lowest BCUT2D eigenvalue weighted by molar-refractivity contribution is -0.617. The standard InChI is InChI=1S/C28H29N2O4.C7H8O4S/c1-20(31)33-18-16-30(17-19-34-21(2)32)23-14-12-22(13-15-23)28-24-8-4-6-10-26(24)29(3)27-11-7-5-9-25(27)28;1-5-2-3-6(8)4-7(5)12(9,10)11/h4-15H,16-19H2,1-3H3;2-4,8H,1H3,(H,9,10,11)/q+1;/p-1. The van der Waals surface area contributed by atoms with Crippen molar-refractivity contribution < 1.29 is 41.7 Å². The predicted molar refractivity (Wildman–Crippen MR) is 174 cm³/mol. The van der Waals surface area contributed by atoms with E-state index in [1.165, 1.54) is 60.3 Å².